The van der Waals surface area contributed by atoms with Crippen molar-refractivity contribution in [2.45, 2.75) is 25.8 Å². The zero-order chi connectivity index (χ0) is 10.4. The summed E-state index contributed by atoms with van der Waals surface area (Å²) in [6, 6.07) is 3.98. The van der Waals surface area contributed by atoms with E-state index in [1.165, 1.54) is 0 Å². The molecule has 0 aliphatic carbocycles. The summed E-state index contributed by atoms with van der Waals surface area (Å²) in [5.41, 5.74) is 4.84. The van der Waals surface area contributed by atoms with Gasteiger partial charge in [0.25, 0.3) is 0 Å². The first-order valence-corrected chi connectivity index (χ1v) is 4.60. The average molecular weight is 189 g/mol. The van der Waals surface area contributed by atoms with Crippen molar-refractivity contribution in [2.24, 2.45) is 5.84 Å². The number of aromatic nitrogens is 1. The fourth-order valence-corrected chi connectivity index (χ4v) is 1.39. The molecule has 0 fully saturated rings. The summed E-state index contributed by atoms with van der Waals surface area (Å²) >= 11 is 0. The molecule has 0 amide bonds. The van der Waals surface area contributed by atoms with E-state index in [4.69, 9.17) is 12.3 Å². The van der Waals surface area contributed by atoms with Crippen LogP contribution in [-0.2, 0) is 0 Å². The maximum Gasteiger partial charge on any atom is 0.0643 e. The highest BCUT2D eigenvalue weighted by Crippen LogP contribution is 2.18. The third-order valence-electron chi connectivity index (χ3n) is 2.16. The molecule has 1 atom stereocenters. The predicted molar refractivity (Wildman–Crippen MR) is 57.1 cm³/mol. The lowest BCUT2D eigenvalue weighted by Crippen LogP contribution is -2.29. The minimum atomic E-state index is 0.0484. The standard InChI is InChI=1S/C11H15N3/c1-3-4-7-10(14-12)11-9(2)6-5-8-13-11/h1,5-6,8,10,14H,4,7,12H2,2H3. The van der Waals surface area contributed by atoms with E-state index in [9.17, 15) is 0 Å². The first-order chi connectivity index (χ1) is 6.79. The second-order valence-electron chi connectivity index (χ2n) is 3.17. The summed E-state index contributed by atoms with van der Waals surface area (Å²) in [6.45, 7) is 2.02. The Kier molecular flexibility index (Phi) is 4.11. The van der Waals surface area contributed by atoms with Crippen molar-refractivity contribution in [2.75, 3.05) is 0 Å². The summed E-state index contributed by atoms with van der Waals surface area (Å²) in [5, 5.41) is 0. The minimum Gasteiger partial charge on any atom is -0.271 e. The normalized spacial score (nSPS) is 12.1. The molecule has 0 saturated carbocycles. The fourth-order valence-electron chi connectivity index (χ4n) is 1.39. The summed E-state index contributed by atoms with van der Waals surface area (Å²) in [6.07, 6.45) is 8.48. The number of terminal acetylenes is 1. The van der Waals surface area contributed by atoms with Gasteiger partial charge in [-0.05, 0) is 25.0 Å². The van der Waals surface area contributed by atoms with Crippen LogP contribution in [0.25, 0.3) is 0 Å². The van der Waals surface area contributed by atoms with Gasteiger partial charge >= 0.3 is 0 Å². The molecule has 74 valence electrons. The average Bonchev–Trinajstić information content (AvgIpc) is 2.21. The number of hydrogen-bond donors (Lipinski definition) is 2. The first-order valence-electron chi connectivity index (χ1n) is 4.60. The number of hydrazine groups is 1. The van der Waals surface area contributed by atoms with Gasteiger partial charge in [-0.3, -0.25) is 16.3 Å². The van der Waals surface area contributed by atoms with Gasteiger partial charge in [0, 0.05) is 12.6 Å². The van der Waals surface area contributed by atoms with Gasteiger partial charge in [-0.2, -0.15) is 0 Å². The maximum absolute atomic E-state index is 5.46. The molecule has 1 rings (SSSR count). The quantitative estimate of drug-likeness (QED) is 0.426. The van der Waals surface area contributed by atoms with E-state index in [0.29, 0.717) is 6.42 Å². The number of rotatable bonds is 4. The number of nitrogens with one attached hydrogen (secondary N) is 1. The van der Waals surface area contributed by atoms with Crippen LogP contribution in [0.15, 0.2) is 18.3 Å². The van der Waals surface area contributed by atoms with Crippen LogP contribution in [0.3, 0.4) is 0 Å². The first kappa shape index (κ1) is 10.7. The van der Waals surface area contributed by atoms with E-state index in [1.807, 2.05) is 19.1 Å². The summed E-state index contributed by atoms with van der Waals surface area (Å²) in [5.74, 6) is 8.05. The second-order valence-corrected chi connectivity index (χ2v) is 3.17. The van der Waals surface area contributed by atoms with E-state index in [-0.39, 0.29) is 6.04 Å². The summed E-state index contributed by atoms with van der Waals surface area (Å²) < 4.78 is 0. The van der Waals surface area contributed by atoms with Crippen molar-refractivity contribution < 1.29 is 0 Å². The third kappa shape index (κ3) is 2.56. The van der Waals surface area contributed by atoms with Crippen LogP contribution in [0.4, 0.5) is 0 Å². The molecule has 3 heteroatoms. The van der Waals surface area contributed by atoms with Gasteiger partial charge in [0.2, 0.25) is 0 Å². The molecule has 0 bridgehead atoms. The van der Waals surface area contributed by atoms with Crippen molar-refractivity contribution in [3.8, 4) is 12.3 Å². The van der Waals surface area contributed by atoms with Gasteiger partial charge in [0.15, 0.2) is 0 Å². The lowest BCUT2D eigenvalue weighted by molar-refractivity contribution is 0.509. The van der Waals surface area contributed by atoms with Crippen LogP contribution in [0.1, 0.15) is 30.1 Å². The fraction of sp³-hybridized carbons (Fsp3) is 0.364. The topological polar surface area (TPSA) is 50.9 Å². The van der Waals surface area contributed by atoms with E-state index in [0.717, 1.165) is 17.7 Å². The summed E-state index contributed by atoms with van der Waals surface area (Å²) in [4.78, 5) is 4.29. The molecule has 0 spiro atoms. The molecule has 1 aromatic rings. The SMILES string of the molecule is C#CCCC(NN)c1ncccc1C. The molecule has 1 unspecified atom stereocenters. The van der Waals surface area contributed by atoms with Gasteiger partial charge in [-0.25, -0.2) is 0 Å². The molecule has 0 aliphatic rings. The zero-order valence-electron chi connectivity index (χ0n) is 8.33. The lowest BCUT2D eigenvalue weighted by Gasteiger charge is -2.15. The highest BCUT2D eigenvalue weighted by Gasteiger charge is 2.11. The maximum atomic E-state index is 5.46. The largest absolute Gasteiger partial charge is 0.271 e. The Bertz CT molecular complexity index is 328. The van der Waals surface area contributed by atoms with Crippen LogP contribution >= 0.6 is 0 Å². The third-order valence-corrected chi connectivity index (χ3v) is 2.16. The van der Waals surface area contributed by atoms with Crippen molar-refractivity contribution in [1.29, 1.82) is 0 Å². The predicted octanol–water partition coefficient (Wildman–Crippen LogP) is 1.31. The van der Waals surface area contributed by atoms with Gasteiger partial charge in [0.1, 0.15) is 0 Å². The second kappa shape index (κ2) is 5.38. The lowest BCUT2D eigenvalue weighted by atomic mass is 10.0. The minimum absolute atomic E-state index is 0.0484. The van der Waals surface area contributed by atoms with Crippen LogP contribution in [0, 0.1) is 19.3 Å². The van der Waals surface area contributed by atoms with E-state index >= 15 is 0 Å². The molecule has 0 aliphatic heterocycles. The Labute approximate surface area is 84.7 Å². The number of aryl methyl sites for hydroxylation is 1. The van der Waals surface area contributed by atoms with Crippen LogP contribution in [0.5, 0.6) is 0 Å². The number of nitrogens with two attached hydrogens (primary N) is 1. The van der Waals surface area contributed by atoms with Gasteiger partial charge in [0.05, 0.1) is 11.7 Å². The monoisotopic (exact) mass is 189 g/mol. The van der Waals surface area contributed by atoms with Crippen molar-refractivity contribution in [1.82, 2.24) is 10.4 Å². The van der Waals surface area contributed by atoms with Crippen LogP contribution in [0.2, 0.25) is 0 Å². The molecular weight excluding hydrogens is 174 g/mol. The molecule has 3 nitrogen and oxygen atoms in total. The van der Waals surface area contributed by atoms with Gasteiger partial charge < -0.3 is 0 Å². The number of hydrogen-bond acceptors (Lipinski definition) is 3. The molecule has 1 heterocycles. The number of nitrogens with zero attached hydrogens (tertiary/aromatic N) is 1. The molecule has 0 radical (unpaired) electrons. The van der Waals surface area contributed by atoms with Crippen LogP contribution in [-0.4, -0.2) is 4.98 Å². The Morgan fingerprint density at radius 1 is 1.71 bits per heavy atom. The van der Waals surface area contributed by atoms with Crippen molar-refractivity contribution in [3.63, 3.8) is 0 Å². The van der Waals surface area contributed by atoms with E-state index < -0.39 is 0 Å². The van der Waals surface area contributed by atoms with E-state index in [1.54, 1.807) is 6.20 Å². The Morgan fingerprint density at radius 3 is 3.07 bits per heavy atom. The Morgan fingerprint density at radius 2 is 2.50 bits per heavy atom. The molecule has 1 aromatic heterocycles. The summed E-state index contributed by atoms with van der Waals surface area (Å²) in [7, 11) is 0. The zero-order valence-corrected chi connectivity index (χ0v) is 8.33. The van der Waals surface area contributed by atoms with E-state index in [2.05, 4.69) is 16.3 Å². The molecule has 14 heavy (non-hydrogen) atoms. The van der Waals surface area contributed by atoms with Crippen molar-refractivity contribution >= 4 is 0 Å². The van der Waals surface area contributed by atoms with Crippen LogP contribution < -0.4 is 11.3 Å². The molecule has 0 aromatic carbocycles. The molecular formula is C11H15N3. The van der Waals surface area contributed by atoms with Gasteiger partial charge in [-0.1, -0.05) is 6.07 Å². The molecule has 0 saturated heterocycles. The smallest absolute Gasteiger partial charge is 0.0643 e. The highest BCUT2D eigenvalue weighted by molar-refractivity contribution is 5.21. The Hall–Kier alpha value is -1.37. The van der Waals surface area contributed by atoms with Crippen molar-refractivity contribution in [3.05, 3.63) is 29.6 Å². The molecule has 3 N–H and O–H groups in total. The highest BCUT2D eigenvalue weighted by atomic mass is 15.2. The van der Waals surface area contributed by atoms with Gasteiger partial charge in [-0.15, -0.1) is 12.3 Å². The Balaban J connectivity index is 2.79. The number of pyridine rings is 1.